The van der Waals surface area contributed by atoms with Crippen LogP contribution in [0.15, 0.2) is 72.9 Å². The Balaban J connectivity index is 1.67. The molecular formula is C22H22N2O. The molecule has 1 N–H and O–H groups in total. The molecule has 1 aliphatic heterocycles. The largest absolute Gasteiger partial charge is 0.490 e. The molecule has 1 aliphatic rings. The van der Waals surface area contributed by atoms with Gasteiger partial charge in [0.1, 0.15) is 12.4 Å². The second kappa shape index (κ2) is 7.49. The van der Waals surface area contributed by atoms with Gasteiger partial charge >= 0.3 is 0 Å². The van der Waals surface area contributed by atoms with Gasteiger partial charge < -0.3 is 10.1 Å². The van der Waals surface area contributed by atoms with Crippen molar-refractivity contribution in [2.24, 2.45) is 0 Å². The van der Waals surface area contributed by atoms with Crippen LogP contribution in [0.4, 0.5) is 0 Å². The minimum absolute atomic E-state index is 0.453. The van der Waals surface area contributed by atoms with Crippen molar-refractivity contribution < 1.29 is 4.74 Å². The summed E-state index contributed by atoms with van der Waals surface area (Å²) in [7, 11) is 0. The van der Waals surface area contributed by atoms with E-state index in [1.807, 2.05) is 30.5 Å². The van der Waals surface area contributed by atoms with E-state index in [-0.39, 0.29) is 0 Å². The van der Waals surface area contributed by atoms with Crippen molar-refractivity contribution >= 4 is 0 Å². The van der Waals surface area contributed by atoms with Crippen LogP contribution < -0.4 is 10.1 Å². The molecule has 1 aromatic heterocycles. The second-order valence-corrected chi connectivity index (χ2v) is 6.40. The lowest BCUT2D eigenvalue weighted by molar-refractivity contribution is 0.276. The number of aromatic nitrogens is 1. The molecule has 3 heteroatoms. The van der Waals surface area contributed by atoms with Gasteiger partial charge in [0, 0.05) is 17.2 Å². The predicted molar refractivity (Wildman–Crippen MR) is 102 cm³/mol. The number of hydrogen-bond acceptors (Lipinski definition) is 3. The molecule has 1 fully saturated rings. The van der Waals surface area contributed by atoms with E-state index in [9.17, 15) is 0 Å². The molecule has 2 aromatic carbocycles. The number of nitrogens with zero attached hydrogens (tertiary/aromatic N) is 1. The average molecular weight is 330 g/mol. The van der Waals surface area contributed by atoms with E-state index < -0.39 is 0 Å². The third kappa shape index (κ3) is 3.72. The summed E-state index contributed by atoms with van der Waals surface area (Å²) >= 11 is 0. The van der Waals surface area contributed by atoms with E-state index in [4.69, 9.17) is 9.72 Å². The molecule has 0 bridgehead atoms. The van der Waals surface area contributed by atoms with E-state index in [1.165, 1.54) is 12.8 Å². The minimum Gasteiger partial charge on any atom is -0.490 e. The molecule has 4 rings (SSSR count). The molecule has 0 amide bonds. The predicted octanol–water partition coefficient (Wildman–Crippen LogP) is 4.55. The number of benzene rings is 2. The van der Waals surface area contributed by atoms with Gasteiger partial charge in [-0.15, -0.1) is 0 Å². The summed E-state index contributed by atoms with van der Waals surface area (Å²) in [6.07, 6.45) is 4.25. The van der Waals surface area contributed by atoms with Crippen LogP contribution in [0.3, 0.4) is 0 Å². The van der Waals surface area contributed by atoms with E-state index in [2.05, 4.69) is 47.8 Å². The highest BCUT2D eigenvalue weighted by molar-refractivity contribution is 5.81. The fourth-order valence-electron chi connectivity index (χ4n) is 3.28. The first-order valence-corrected chi connectivity index (χ1v) is 8.87. The zero-order valence-electron chi connectivity index (χ0n) is 14.2. The van der Waals surface area contributed by atoms with Crippen molar-refractivity contribution in [1.82, 2.24) is 10.3 Å². The quantitative estimate of drug-likeness (QED) is 0.745. The summed E-state index contributed by atoms with van der Waals surface area (Å²) in [5, 5.41) is 3.46. The summed E-state index contributed by atoms with van der Waals surface area (Å²) in [5.74, 6) is 0.826. The fraction of sp³-hybridized carbons (Fsp3) is 0.227. The van der Waals surface area contributed by atoms with Crippen LogP contribution in [0.2, 0.25) is 0 Å². The Kier molecular flexibility index (Phi) is 4.75. The summed E-state index contributed by atoms with van der Waals surface area (Å²) in [6.45, 7) is 1.79. The number of hydrogen-bond donors (Lipinski definition) is 1. The van der Waals surface area contributed by atoms with Crippen LogP contribution in [-0.2, 0) is 0 Å². The molecular weight excluding hydrogens is 308 g/mol. The van der Waals surface area contributed by atoms with Crippen molar-refractivity contribution in [2.75, 3.05) is 13.2 Å². The molecule has 25 heavy (non-hydrogen) atoms. The van der Waals surface area contributed by atoms with E-state index in [0.29, 0.717) is 12.6 Å². The number of ether oxygens (including phenoxy) is 1. The van der Waals surface area contributed by atoms with Gasteiger partial charge in [0.15, 0.2) is 0 Å². The van der Waals surface area contributed by atoms with Crippen molar-refractivity contribution in [3.05, 3.63) is 72.9 Å². The lowest BCUT2D eigenvalue weighted by Crippen LogP contribution is -2.28. The number of nitrogens with one attached hydrogen (secondary N) is 1. The van der Waals surface area contributed by atoms with Crippen molar-refractivity contribution in [3.63, 3.8) is 0 Å². The highest BCUT2D eigenvalue weighted by Gasteiger charge is 2.15. The Morgan fingerprint density at radius 3 is 2.36 bits per heavy atom. The van der Waals surface area contributed by atoms with Crippen LogP contribution in [0.25, 0.3) is 22.4 Å². The standard InChI is InChI=1S/C22H22N2O/c1-3-8-17(9-4-1)21-14-20(25-16-19-12-7-13-23-19)15-24-22(21)18-10-5-2-6-11-18/h1-6,8-11,14-15,19,23H,7,12-13,16H2. The van der Waals surface area contributed by atoms with Crippen molar-refractivity contribution in [1.29, 1.82) is 0 Å². The topological polar surface area (TPSA) is 34.1 Å². The van der Waals surface area contributed by atoms with Crippen LogP contribution in [-0.4, -0.2) is 24.2 Å². The van der Waals surface area contributed by atoms with Crippen LogP contribution in [0.1, 0.15) is 12.8 Å². The molecule has 0 radical (unpaired) electrons. The Labute approximate surface area is 148 Å². The van der Waals surface area contributed by atoms with Crippen LogP contribution >= 0.6 is 0 Å². The maximum atomic E-state index is 6.02. The van der Waals surface area contributed by atoms with Gasteiger partial charge in [0.2, 0.25) is 0 Å². The minimum atomic E-state index is 0.453. The summed E-state index contributed by atoms with van der Waals surface area (Å²) in [4.78, 5) is 4.73. The van der Waals surface area contributed by atoms with E-state index >= 15 is 0 Å². The van der Waals surface area contributed by atoms with Gasteiger partial charge in [0.05, 0.1) is 11.9 Å². The highest BCUT2D eigenvalue weighted by Crippen LogP contribution is 2.33. The lowest BCUT2D eigenvalue weighted by Gasteiger charge is -2.15. The molecule has 1 atom stereocenters. The zero-order valence-corrected chi connectivity index (χ0v) is 14.2. The average Bonchev–Trinajstić information content (AvgIpc) is 3.21. The first kappa shape index (κ1) is 15.9. The summed E-state index contributed by atoms with van der Waals surface area (Å²) in [5.41, 5.74) is 4.35. The summed E-state index contributed by atoms with van der Waals surface area (Å²) < 4.78 is 6.02. The molecule has 3 nitrogen and oxygen atoms in total. The Bertz CT molecular complexity index is 812. The van der Waals surface area contributed by atoms with Gasteiger partial charge in [-0.25, -0.2) is 0 Å². The zero-order chi connectivity index (χ0) is 16.9. The normalized spacial score (nSPS) is 16.7. The highest BCUT2D eigenvalue weighted by atomic mass is 16.5. The van der Waals surface area contributed by atoms with Gasteiger partial charge in [-0.3, -0.25) is 4.98 Å². The third-order valence-electron chi connectivity index (χ3n) is 4.61. The monoisotopic (exact) mass is 330 g/mol. The van der Waals surface area contributed by atoms with Crippen LogP contribution in [0.5, 0.6) is 5.75 Å². The smallest absolute Gasteiger partial charge is 0.138 e. The molecule has 1 saturated heterocycles. The molecule has 0 aliphatic carbocycles. The van der Waals surface area contributed by atoms with Gasteiger partial charge in [-0.1, -0.05) is 60.7 Å². The second-order valence-electron chi connectivity index (χ2n) is 6.40. The first-order chi connectivity index (χ1) is 12.4. The molecule has 0 saturated carbocycles. The van der Waals surface area contributed by atoms with Gasteiger partial charge in [-0.05, 0) is 31.0 Å². The maximum Gasteiger partial charge on any atom is 0.138 e. The summed E-state index contributed by atoms with van der Waals surface area (Å²) in [6, 6.07) is 23.2. The Hall–Kier alpha value is -2.65. The van der Waals surface area contributed by atoms with E-state index in [1.54, 1.807) is 0 Å². The lowest BCUT2D eigenvalue weighted by atomic mass is 9.99. The van der Waals surface area contributed by atoms with Crippen molar-refractivity contribution in [3.8, 4) is 28.1 Å². The molecule has 3 aromatic rings. The molecule has 126 valence electrons. The van der Waals surface area contributed by atoms with Crippen LogP contribution in [0, 0.1) is 0 Å². The maximum absolute atomic E-state index is 6.02. The van der Waals surface area contributed by atoms with Gasteiger partial charge in [0.25, 0.3) is 0 Å². The third-order valence-corrected chi connectivity index (χ3v) is 4.61. The first-order valence-electron chi connectivity index (χ1n) is 8.87. The molecule has 0 spiro atoms. The molecule has 1 unspecified atom stereocenters. The van der Waals surface area contributed by atoms with Gasteiger partial charge in [-0.2, -0.15) is 0 Å². The number of rotatable bonds is 5. The van der Waals surface area contributed by atoms with Crippen molar-refractivity contribution in [2.45, 2.75) is 18.9 Å². The fourth-order valence-corrected chi connectivity index (χ4v) is 3.28. The van der Waals surface area contributed by atoms with E-state index in [0.717, 1.165) is 34.7 Å². The SMILES string of the molecule is c1ccc(-c2cc(OCC3CCCN3)cnc2-c2ccccc2)cc1. The molecule has 2 heterocycles. The number of pyridine rings is 1. The Morgan fingerprint density at radius 1 is 0.960 bits per heavy atom. The Morgan fingerprint density at radius 2 is 1.68 bits per heavy atom.